The second kappa shape index (κ2) is 6.86. The Morgan fingerprint density at radius 2 is 1.96 bits per heavy atom. The first kappa shape index (κ1) is 18.3. The molecule has 6 nitrogen and oxygen atoms in total. The van der Waals surface area contributed by atoms with Gasteiger partial charge in [0.15, 0.2) is 0 Å². The molecule has 24 heavy (non-hydrogen) atoms. The van der Waals surface area contributed by atoms with Gasteiger partial charge in [-0.3, -0.25) is 0 Å². The molecule has 0 saturated carbocycles. The highest BCUT2D eigenvalue weighted by atomic mass is 35.5. The van der Waals surface area contributed by atoms with Crippen LogP contribution in [0.1, 0.15) is 18.4 Å². The Morgan fingerprint density at radius 3 is 2.50 bits per heavy atom. The average molecular weight is 365 g/mol. The molecule has 0 atom stereocenters. The van der Waals surface area contributed by atoms with Crippen molar-refractivity contribution in [3.05, 3.63) is 34.3 Å². The highest BCUT2D eigenvalue weighted by Gasteiger charge is 2.35. The maximum Gasteiger partial charge on any atom is 0.434 e. The number of alkyl halides is 3. The van der Waals surface area contributed by atoms with Gasteiger partial charge in [-0.2, -0.15) is 13.2 Å². The molecule has 0 unspecified atom stereocenters. The van der Waals surface area contributed by atoms with Gasteiger partial charge in [0.25, 0.3) is 0 Å². The van der Waals surface area contributed by atoms with Crippen molar-refractivity contribution >= 4 is 18.1 Å². The fraction of sp³-hybridized carbons (Fsp3) is 0.429. The first-order valence-electron chi connectivity index (χ1n) is 7.12. The number of H-pyrrole nitrogens is 1. The van der Waals surface area contributed by atoms with E-state index >= 15 is 0 Å². The first-order chi connectivity index (χ1) is 10.8. The van der Waals surface area contributed by atoms with Crippen LogP contribution in [0, 0.1) is 0 Å². The van der Waals surface area contributed by atoms with Gasteiger partial charge in [-0.25, -0.2) is 9.89 Å². The minimum absolute atomic E-state index is 0. The van der Waals surface area contributed by atoms with E-state index in [0.717, 1.165) is 6.07 Å². The van der Waals surface area contributed by atoms with E-state index in [1.165, 1.54) is 12.1 Å². The molecule has 1 aliphatic heterocycles. The van der Waals surface area contributed by atoms with E-state index < -0.39 is 17.5 Å². The number of aromatic amines is 1. The Kier molecular flexibility index (Phi) is 5.24. The molecule has 1 aromatic carbocycles. The van der Waals surface area contributed by atoms with E-state index in [0.29, 0.717) is 31.5 Å². The van der Waals surface area contributed by atoms with Gasteiger partial charge in [0, 0.05) is 30.4 Å². The molecule has 132 valence electrons. The molecular formula is C14H16ClF3N4O2. The Balaban J connectivity index is 0.00000208. The number of anilines is 1. The Hall–Kier alpha value is -2.00. The monoisotopic (exact) mass is 364 g/mol. The number of nitrogens with two attached hydrogens (primary N) is 1. The summed E-state index contributed by atoms with van der Waals surface area (Å²) in [6.45, 7) is 0.885. The molecule has 1 aliphatic rings. The highest BCUT2D eigenvalue weighted by molar-refractivity contribution is 5.85. The van der Waals surface area contributed by atoms with E-state index in [1.54, 1.807) is 4.90 Å². The van der Waals surface area contributed by atoms with Crippen LogP contribution in [-0.4, -0.2) is 29.3 Å². The number of piperidine rings is 1. The molecule has 0 radical (unpaired) electrons. The quantitative estimate of drug-likeness (QED) is 0.854. The molecule has 1 saturated heterocycles. The molecule has 2 aromatic rings. The summed E-state index contributed by atoms with van der Waals surface area (Å²) in [5.41, 5.74) is 5.44. The van der Waals surface area contributed by atoms with Crippen molar-refractivity contribution in [3.63, 3.8) is 0 Å². The second-order valence-corrected chi connectivity index (χ2v) is 5.47. The lowest BCUT2D eigenvalue weighted by Crippen LogP contribution is -2.40. The number of nitrogens with one attached hydrogen (secondary N) is 1. The van der Waals surface area contributed by atoms with Gasteiger partial charge in [0.1, 0.15) is 0 Å². The van der Waals surface area contributed by atoms with Gasteiger partial charge in [-0.15, -0.1) is 17.5 Å². The summed E-state index contributed by atoms with van der Waals surface area (Å²) in [6, 6.07) is 3.57. The maximum atomic E-state index is 13.3. The lowest BCUT2D eigenvalue weighted by Gasteiger charge is -2.33. The molecule has 10 heteroatoms. The zero-order valence-corrected chi connectivity index (χ0v) is 13.3. The van der Waals surface area contributed by atoms with Crippen LogP contribution in [0.3, 0.4) is 0 Å². The van der Waals surface area contributed by atoms with Crippen LogP contribution in [0.5, 0.6) is 0 Å². The number of rotatable bonds is 2. The van der Waals surface area contributed by atoms with Crippen molar-refractivity contribution in [2.75, 3.05) is 18.0 Å². The number of benzene rings is 1. The van der Waals surface area contributed by atoms with Crippen LogP contribution in [0.2, 0.25) is 0 Å². The predicted molar refractivity (Wildman–Crippen MR) is 84.2 cm³/mol. The summed E-state index contributed by atoms with van der Waals surface area (Å²) >= 11 is 0. The first-order valence-corrected chi connectivity index (χ1v) is 7.12. The third kappa shape index (κ3) is 3.73. The Morgan fingerprint density at radius 1 is 1.29 bits per heavy atom. The maximum absolute atomic E-state index is 13.3. The fourth-order valence-corrected chi connectivity index (χ4v) is 2.66. The van der Waals surface area contributed by atoms with Crippen molar-refractivity contribution < 1.29 is 17.6 Å². The number of hydrogen-bond donors (Lipinski definition) is 2. The molecular weight excluding hydrogens is 349 g/mol. The van der Waals surface area contributed by atoms with Crippen LogP contribution < -0.4 is 16.4 Å². The molecule has 0 bridgehead atoms. The van der Waals surface area contributed by atoms with E-state index in [1.807, 2.05) is 0 Å². The average Bonchev–Trinajstić information content (AvgIpc) is 2.93. The minimum Gasteiger partial charge on any atom is -0.388 e. The summed E-state index contributed by atoms with van der Waals surface area (Å²) in [5.74, 6) is -0.802. The predicted octanol–water partition coefficient (Wildman–Crippen LogP) is 2.40. The van der Waals surface area contributed by atoms with Crippen molar-refractivity contribution in [2.45, 2.75) is 25.1 Å². The molecule has 2 heterocycles. The van der Waals surface area contributed by atoms with Gasteiger partial charge in [-0.1, -0.05) is 0 Å². The van der Waals surface area contributed by atoms with Crippen molar-refractivity contribution in [2.24, 2.45) is 5.73 Å². The van der Waals surface area contributed by atoms with Gasteiger partial charge < -0.3 is 15.1 Å². The van der Waals surface area contributed by atoms with Crippen molar-refractivity contribution in [1.29, 1.82) is 0 Å². The number of hydrogen-bond acceptors (Lipinski definition) is 5. The molecule has 3 N–H and O–H groups in total. The smallest absolute Gasteiger partial charge is 0.388 e. The van der Waals surface area contributed by atoms with E-state index in [4.69, 9.17) is 10.2 Å². The highest BCUT2D eigenvalue weighted by Crippen LogP contribution is 2.39. The van der Waals surface area contributed by atoms with E-state index in [2.05, 4.69) is 10.2 Å². The Labute approximate surface area is 141 Å². The normalized spacial score (nSPS) is 16.1. The zero-order valence-electron chi connectivity index (χ0n) is 12.5. The summed E-state index contributed by atoms with van der Waals surface area (Å²) in [6.07, 6.45) is -3.22. The summed E-state index contributed by atoms with van der Waals surface area (Å²) in [4.78, 5) is 12.7. The van der Waals surface area contributed by atoms with Gasteiger partial charge in [0.2, 0.25) is 5.89 Å². The number of halogens is 4. The van der Waals surface area contributed by atoms with Crippen molar-refractivity contribution in [3.8, 4) is 11.5 Å². The molecule has 0 aliphatic carbocycles. The largest absolute Gasteiger partial charge is 0.434 e. The fourth-order valence-electron chi connectivity index (χ4n) is 2.66. The zero-order chi connectivity index (χ0) is 16.6. The lowest BCUT2D eigenvalue weighted by molar-refractivity contribution is -0.137. The SMILES string of the molecule is Cl.NC1CCN(c2cc(-c3n[nH]c(=O)o3)ccc2C(F)(F)F)CC1. The second-order valence-electron chi connectivity index (χ2n) is 5.47. The third-order valence-electron chi connectivity index (χ3n) is 3.87. The van der Waals surface area contributed by atoms with Crippen LogP contribution >= 0.6 is 12.4 Å². The van der Waals surface area contributed by atoms with E-state index in [-0.39, 0.29) is 30.0 Å². The topological polar surface area (TPSA) is 88.1 Å². The van der Waals surface area contributed by atoms with Gasteiger partial charge in [-0.05, 0) is 31.0 Å². The molecule has 0 amide bonds. The Bertz CT molecular complexity index is 751. The lowest BCUT2D eigenvalue weighted by atomic mass is 10.0. The van der Waals surface area contributed by atoms with E-state index in [9.17, 15) is 18.0 Å². The van der Waals surface area contributed by atoms with Crippen LogP contribution in [0.15, 0.2) is 27.4 Å². The van der Waals surface area contributed by atoms with Crippen LogP contribution in [0.4, 0.5) is 18.9 Å². The number of aromatic nitrogens is 2. The molecule has 1 fully saturated rings. The molecule has 0 spiro atoms. The minimum atomic E-state index is -4.47. The summed E-state index contributed by atoms with van der Waals surface area (Å²) in [5, 5.41) is 5.74. The molecule has 1 aromatic heterocycles. The van der Waals surface area contributed by atoms with Gasteiger partial charge in [0.05, 0.1) is 5.56 Å². The number of nitrogens with zero attached hydrogens (tertiary/aromatic N) is 2. The third-order valence-corrected chi connectivity index (χ3v) is 3.87. The van der Waals surface area contributed by atoms with Gasteiger partial charge >= 0.3 is 11.9 Å². The van der Waals surface area contributed by atoms with Crippen LogP contribution in [0.25, 0.3) is 11.5 Å². The summed E-state index contributed by atoms with van der Waals surface area (Å²) < 4.78 is 44.6. The standard InChI is InChI=1S/C14H15F3N4O2.ClH/c15-14(16,17)10-2-1-8(12-19-20-13(22)23-12)7-11(10)21-5-3-9(18)4-6-21;/h1-2,7,9H,3-6,18H2,(H,20,22);1H. The molecule has 3 rings (SSSR count). The van der Waals surface area contributed by atoms with Crippen molar-refractivity contribution in [1.82, 2.24) is 10.2 Å². The van der Waals surface area contributed by atoms with Crippen LogP contribution in [-0.2, 0) is 6.18 Å². The summed E-state index contributed by atoms with van der Waals surface area (Å²) in [7, 11) is 0.